The summed E-state index contributed by atoms with van der Waals surface area (Å²) in [6.07, 6.45) is 3.69. The second-order valence-corrected chi connectivity index (χ2v) is 5.44. The quantitative estimate of drug-likeness (QED) is 0.612. The second-order valence-electron chi connectivity index (χ2n) is 5.04. The number of halogens is 1. The molecule has 0 radical (unpaired) electrons. The van der Waals surface area contributed by atoms with Gasteiger partial charge in [0.05, 0.1) is 31.4 Å². The van der Waals surface area contributed by atoms with Gasteiger partial charge in [-0.25, -0.2) is 0 Å². The predicted molar refractivity (Wildman–Crippen MR) is 81.8 cm³/mol. The van der Waals surface area contributed by atoms with Crippen LogP contribution in [0.2, 0.25) is 5.02 Å². The molecule has 1 N–H and O–H groups in total. The van der Waals surface area contributed by atoms with Gasteiger partial charge in [-0.1, -0.05) is 29.8 Å². The van der Waals surface area contributed by atoms with Crippen LogP contribution in [0.1, 0.15) is 12.0 Å². The van der Waals surface area contributed by atoms with Crippen LogP contribution in [-0.4, -0.2) is 39.5 Å². The van der Waals surface area contributed by atoms with E-state index in [0.717, 1.165) is 57.0 Å². The Morgan fingerprint density at radius 2 is 2.15 bits per heavy atom. The maximum absolute atomic E-state index is 6.21. The normalized spacial score (nSPS) is 16.1. The molecule has 0 aromatic heterocycles. The summed E-state index contributed by atoms with van der Waals surface area (Å²) < 4.78 is 11.2. The van der Waals surface area contributed by atoms with E-state index in [1.54, 1.807) is 4.90 Å². The average molecular weight is 297 g/mol. The first kappa shape index (κ1) is 15.4. The highest BCUT2D eigenvalue weighted by molar-refractivity contribution is 6.32. The van der Waals surface area contributed by atoms with E-state index in [9.17, 15) is 0 Å². The van der Waals surface area contributed by atoms with Crippen molar-refractivity contribution < 1.29 is 14.4 Å². The van der Waals surface area contributed by atoms with Crippen molar-refractivity contribution >= 4 is 11.6 Å². The number of morpholine rings is 1. The zero-order valence-electron chi connectivity index (χ0n) is 11.9. The van der Waals surface area contributed by atoms with Crippen molar-refractivity contribution in [3.05, 3.63) is 41.4 Å². The molecule has 20 heavy (non-hydrogen) atoms. The molecule has 0 saturated carbocycles. The molecule has 0 amide bonds. The summed E-state index contributed by atoms with van der Waals surface area (Å²) in [5, 5.41) is 0.683. The first-order chi connectivity index (χ1) is 9.81. The van der Waals surface area contributed by atoms with Crippen molar-refractivity contribution in [1.82, 2.24) is 0 Å². The minimum Gasteiger partial charge on any atom is -0.491 e. The molecule has 1 saturated heterocycles. The Hall–Kier alpha value is -1.03. The topological polar surface area (TPSA) is 22.9 Å². The zero-order chi connectivity index (χ0) is 14.2. The molecule has 2 rings (SSSR count). The molecule has 110 valence electrons. The largest absolute Gasteiger partial charge is 0.491 e. The van der Waals surface area contributed by atoms with Gasteiger partial charge in [-0.05, 0) is 18.1 Å². The van der Waals surface area contributed by atoms with E-state index in [0.29, 0.717) is 11.6 Å². The number of hydrogen-bond donors (Lipinski definition) is 1. The molecule has 0 bridgehead atoms. The van der Waals surface area contributed by atoms with E-state index < -0.39 is 0 Å². The zero-order valence-corrected chi connectivity index (χ0v) is 12.6. The molecule has 0 spiro atoms. The number of nitrogens with one attached hydrogen (secondary N) is 1. The van der Waals surface area contributed by atoms with E-state index in [1.807, 2.05) is 24.3 Å². The molecular weight excluding hydrogens is 274 g/mol. The average Bonchev–Trinajstić information content (AvgIpc) is 2.47. The number of allylic oxidation sites excluding steroid dienone is 1. The SMILES string of the molecule is C=CCc1cccc(Cl)c1OCCC[NH+]1CCOCC1. The lowest BCUT2D eigenvalue weighted by molar-refractivity contribution is -0.908. The Morgan fingerprint density at radius 1 is 1.35 bits per heavy atom. The Bertz CT molecular complexity index is 430. The summed E-state index contributed by atoms with van der Waals surface area (Å²) in [5.74, 6) is 0.811. The monoisotopic (exact) mass is 296 g/mol. The summed E-state index contributed by atoms with van der Waals surface area (Å²) in [6, 6.07) is 5.86. The fraction of sp³-hybridized carbons (Fsp3) is 0.500. The van der Waals surface area contributed by atoms with Crippen molar-refractivity contribution in [3.8, 4) is 5.75 Å². The summed E-state index contributed by atoms with van der Waals surface area (Å²) in [5.41, 5.74) is 1.10. The van der Waals surface area contributed by atoms with Gasteiger partial charge in [0.15, 0.2) is 0 Å². The van der Waals surface area contributed by atoms with Crippen molar-refractivity contribution in [2.75, 3.05) is 39.5 Å². The standard InChI is InChI=1S/C16H22ClNO2/c1-2-5-14-6-3-7-15(17)16(14)20-11-4-8-18-9-12-19-13-10-18/h2-3,6-7H,1,4-5,8-13H2/p+1. The summed E-state index contributed by atoms with van der Waals surface area (Å²) >= 11 is 6.21. The lowest BCUT2D eigenvalue weighted by Gasteiger charge is -2.23. The van der Waals surface area contributed by atoms with Crippen LogP contribution in [0.4, 0.5) is 0 Å². The maximum atomic E-state index is 6.21. The van der Waals surface area contributed by atoms with Crippen LogP contribution in [-0.2, 0) is 11.2 Å². The van der Waals surface area contributed by atoms with Gasteiger partial charge in [-0.2, -0.15) is 0 Å². The predicted octanol–water partition coefficient (Wildman–Crippen LogP) is 1.75. The maximum Gasteiger partial charge on any atom is 0.141 e. The highest BCUT2D eigenvalue weighted by Gasteiger charge is 2.13. The van der Waals surface area contributed by atoms with E-state index >= 15 is 0 Å². The second kappa shape index (κ2) is 8.30. The van der Waals surface area contributed by atoms with Gasteiger partial charge in [0, 0.05) is 6.42 Å². The number of ether oxygens (including phenoxy) is 2. The van der Waals surface area contributed by atoms with E-state index in [1.165, 1.54) is 0 Å². The molecule has 4 heteroatoms. The number of quaternary nitrogens is 1. The number of hydrogen-bond acceptors (Lipinski definition) is 2. The van der Waals surface area contributed by atoms with Crippen molar-refractivity contribution in [2.45, 2.75) is 12.8 Å². The van der Waals surface area contributed by atoms with Crippen LogP contribution in [0.25, 0.3) is 0 Å². The molecule has 1 aliphatic heterocycles. The van der Waals surface area contributed by atoms with Gasteiger partial charge in [-0.3, -0.25) is 0 Å². The van der Waals surface area contributed by atoms with E-state index in [-0.39, 0.29) is 0 Å². The molecule has 1 fully saturated rings. The number of para-hydroxylation sites is 1. The minimum absolute atomic E-state index is 0.683. The summed E-state index contributed by atoms with van der Waals surface area (Å²) in [4.78, 5) is 1.60. The Balaban J connectivity index is 1.79. The van der Waals surface area contributed by atoms with Crippen LogP contribution in [0.3, 0.4) is 0 Å². The van der Waals surface area contributed by atoms with Gasteiger partial charge >= 0.3 is 0 Å². The third-order valence-corrected chi connectivity index (χ3v) is 3.83. The van der Waals surface area contributed by atoms with Gasteiger partial charge < -0.3 is 14.4 Å². The third kappa shape index (κ3) is 4.51. The van der Waals surface area contributed by atoms with Gasteiger partial charge in [0.1, 0.15) is 18.8 Å². The van der Waals surface area contributed by atoms with Crippen LogP contribution in [0.5, 0.6) is 5.75 Å². The highest BCUT2D eigenvalue weighted by Crippen LogP contribution is 2.29. The van der Waals surface area contributed by atoms with Crippen LogP contribution in [0.15, 0.2) is 30.9 Å². The molecule has 0 unspecified atom stereocenters. The minimum atomic E-state index is 0.683. The van der Waals surface area contributed by atoms with Gasteiger partial charge in [0.2, 0.25) is 0 Å². The van der Waals surface area contributed by atoms with E-state index in [2.05, 4.69) is 6.58 Å². The Kier molecular flexibility index (Phi) is 6.37. The molecule has 1 aliphatic rings. The van der Waals surface area contributed by atoms with Crippen LogP contribution >= 0.6 is 11.6 Å². The summed E-state index contributed by atoms with van der Waals surface area (Å²) in [7, 11) is 0. The Morgan fingerprint density at radius 3 is 2.90 bits per heavy atom. The Labute approximate surface area is 126 Å². The lowest BCUT2D eigenvalue weighted by Crippen LogP contribution is -3.14. The fourth-order valence-electron chi connectivity index (χ4n) is 2.44. The molecule has 3 nitrogen and oxygen atoms in total. The third-order valence-electron chi connectivity index (χ3n) is 3.53. The number of benzene rings is 1. The molecule has 1 heterocycles. The first-order valence-electron chi connectivity index (χ1n) is 7.23. The first-order valence-corrected chi connectivity index (χ1v) is 7.61. The molecule has 1 aromatic carbocycles. The van der Waals surface area contributed by atoms with Gasteiger partial charge in [-0.15, -0.1) is 6.58 Å². The highest BCUT2D eigenvalue weighted by atomic mass is 35.5. The van der Waals surface area contributed by atoms with Crippen LogP contribution < -0.4 is 9.64 Å². The van der Waals surface area contributed by atoms with Crippen molar-refractivity contribution in [2.24, 2.45) is 0 Å². The van der Waals surface area contributed by atoms with Gasteiger partial charge in [0.25, 0.3) is 0 Å². The van der Waals surface area contributed by atoms with Crippen molar-refractivity contribution in [3.63, 3.8) is 0 Å². The molecule has 1 aromatic rings. The lowest BCUT2D eigenvalue weighted by atomic mass is 10.1. The van der Waals surface area contributed by atoms with E-state index in [4.69, 9.17) is 21.1 Å². The molecule has 0 atom stereocenters. The smallest absolute Gasteiger partial charge is 0.141 e. The number of rotatable bonds is 7. The molecule has 0 aliphatic carbocycles. The van der Waals surface area contributed by atoms with Crippen molar-refractivity contribution in [1.29, 1.82) is 0 Å². The fourth-order valence-corrected chi connectivity index (χ4v) is 2.69. The summed E-state index contributed by atoms with van der Waals surface area (Å²) in [6.45, 7) is 9.57. The molecular formula is C16H23ClNO2+. The van der Waals surface area contributed by atoms with Crippen LogP contribution in [0, 0.1) is 0 Å².